The van der Waals surface area contributed by atoms with Gasteiger partial charge in [0.25, 0.3) is 0 Å². The summed E-state index contributed by atoms with van der Waals surface area (Å²) in [7, 11) is -3.66. The van der Waals surface area contributed by atoms with Crippen LogP contribution in [0.25, 0.3) is 0 Å². The molecule has 0 aliphatic rings. The van der Waals surface area contributed by atoms with Gasteiger partial charge in [0.2, 0.25) is 10.0 Å². The lowest BCUT2D eigenvalue weighted by atomic mass is 10.3. The fourth-order valence-corrected chi connectivity index (χ4v) is 3.05. The maximum atomic E-state index is 12.3. The fourth-order valence-electron chi connectivity index (χ4n) is 2.00. The highest BCUT2D eigenvalue weighted by atomic mass is 32.2. The second-order valence-corrected chi connectivity index (χ2v) is 6.85. The molecule has 2 rings (SSSR count). The van der Waals surface area contributed by atoms with Crippen molar-refractivity contribution in [3.63, 3.8) is 0 Å². The molecule has 0 radical (unpaired) electrons. The third-order valence-electron chi connectivity index (χ3n) is 3.06. The lowest BCUT2D eigenvalue weighted by Gasteiger charge is -2.10. The number of sulfonamides is 1. The Labute approximate surface area is 123 Å². The molecule has 0 aliphatic carbocycles. The second-order valence-electron chi connectivity index (χ2n) is 5.08. The second kappa shape index (κ2) is 6.00. The molecule has 2 aromatic rings. The van der Waals surface area contributed by atoms with E-state index in [0.29, 0.717) is 17.1 Å². The minimum absolute atomic E-state index is 0.0565. The van der Waals surface area contributed by atoms with Crippen LogP contribution in [0.5, 0.6) is 0 Å². The summed E-state index contributed by atoms with van der Waals surface area (Å²) in [6, 6.07) is 3.20. The maximum Gasteiger partial charge on any atom is 0.242 e. The van der Waals surface area contributed by atoms with Gasteiger partial charge in [-0.3, -0.25) is 0 Å². The van der Waals surface area contributed by atoms with Crippen molar-refractivity contribution in [2.45, 2.75) is 44.9 Å². The lowest BCUT2D eigenvalue weighted by molar-refractivity contribution is 0.268. The third kappa shape index (κ3) is 3.52. The number of nitrogens with zero attached hydrogens (tertiary/aromatic N) is 2. The van der Waals surface area contributed by atoms with E-state index < -0.39 is 10.0 Å². The molecule has 116 valence electrons. The van der Waals surface area contributed by atoms with E-state index in [1.165, 1.54) is 12.3 Å². The van der Waals surface area contributed by atoms with Crippen molar-refractivity contribution in [3.8, 4) is 0 Å². The molecule has 21 heavy (non-hydrogen) atoms. The molecule has 0 unspecified atom stereocenters. The smallest absolute Gasteiger partial charge is 0.242 e. The van der Waals surface area contributed by atoms with Gasteiger partial charge < -0.3 is 14.2 Å². The van der Waals surface area contributed by atoms with Gasteiger partial charge in [0.05, 0.1) is 23.7 Å². The normalized spacial score (nSPS) is 12.2. The van der Waals surface area contributed by atoms with Crippen LogP contribution in [0.1, 0.15) is 37.0 Å². The van der Waals surface area contributed by atoms with E-state index >= 15 is 0 Å². The van der Waals surface area contributed by atoms with Gasteiger partial charge in [-0.2, -0.15) is 0 Å². The van der Waals surface area contributed by atoms with Gasteiger partial charge in [0.1, 0.15) is 5.76 Å². The number of nitrogens with one attached hydrogen (secondary N) is 1. The Balaban J connectivity index is 2.19. The topological polar surface area (TPSA) is 97.4 Å². The Kier molecular flexibility index (Phi) is 4.50. The quantitative estimate of drug-likeness (QED) is 0.838. The van der Waals surface area contributed by atoms with Crippen LogP contribution < -0.4 is 4.72 Å². The first-order chi connectivity index (χ1) is 9.83. The van der Waals surface area contributed by atoms with E-state index in [1.807, 2.05) is 13.8 Å². The van der Waals surface area contributed by atoms with Crippen molar-refractivity contribution in [2.24, 2.45) is 0 Å². The first kappa shape index (κ1) is 15.7. The first-order valence-electron chi connectivity index (χ1n) is 6.57. The van der Waals surface area contributed by atoms with Crippen LogP contribution in [0.3, 0.4) is 0 Å². The maximum absolute atomic E-state index is 12.3. The minimum atomic E-state index is -3.66. The Morgan fingerprint density at radius 2 is 2.14 bits per heavy atom. The summed E-state index contributed by atoms with van der Waals surface area (Å²) in [5.41, 5.74) is 1.07. The van der Waals surface area contributed by atoms with Crippen molar-refractivity contribution >= 4 is 10.0 Å². The predicted octanol–water partition coefficient (Wildman–Crippen LogP) is 1.34. The van der Waals surface area contributed by atoms with Crippen LogP contribution in [0, 0.1) is 6.92 Å². The molecule has 8 heteroatoms. The minimum Gasteiger partial charge on any atom is -0.390 e. The van der Waals surface area contributed by atoms with Gasteiger partial charge in [-0.1, -0.05) is 5.16 Å². The van der Waals surface area contributed by atoms with Crippen LogP contribution in [-0.4, -0.2) is 23.2 Å². The molecule has 0 bridgehead atoms. The molecular weight excluding hydrogens is 294 g/mol. The highest BCUT2D eigenvalue weighted by Crippen LogP contribution is 2.19. The zero-order valence-corrected chi connectivity index (χ0v) is 13.0. The van der Waals surface area contributed by atoms with Crippen LogP contribution >= 0.6 is 0 Å². The number of rotatable bonds is 6. The van der Waals surface area contributed by atoms with Crippen LogP contribution in [0.2, 0.25) is 0 Å². The van der Waals surface area contributed by atoms with Gasteiger partial charge in [0.15, 0.2) is 0 Å². The molecule has 0 aromatic carbocycles. The average Bonchev–Trinajstić information content (AvgIpc) is 3.02. The molecule has 2 heterocycles. The summed E-state index contributed by atoms with van der Waals surface area (Å²) in [6.45, 7) is 5.42. The summed E-state index contributed by atoms with van der Waals surface area (Å²) < 4.78 is 33.6. The molecule has 0 fully saturated rings. The molecule has 2 N–H and O–H groups in total. The van der Waals surface area contributed by atoms with Gasteiger partial charge in [-0.25, -0.2) is 13.1 Å². The monoisotopic (exact) mass is 313 g/mol. The van der Waals surface area contributed by atoms with Gasteiger partial charge in [-0.05, 0) is 26.8 Å². The van der Waals surface area contributed by atoms with E-state index in [1.54, 1.807) is 17.6 Å². The number of aliphatic hydroxyl groups is 1. The third-order valence-corrected chi connectivity index (χ3v) is 4.42. The molecular formula is C13H19N3O4S. The van der Waals surface area contributed by atoms with Crippen molar-refractivity contribution in [1.82, 2.24) is 14.4 Å². The summed E-state index contributed by atoms with van der Waals surface area (Å²) in [6.07, 6.45) is 1.52. The molecule has 0 saturated heterocycles. The van der Waals surface area contributed by atoms with Crippen molar-refractivity contribution in [3.05, 3.63) is 35.5 Å². The number of hydrogen-bond acceptors (Lipinski definition) is 5. The SMILES string of the molecule is Cc1cc(CNS(=O)(=O)c2cc(CO)n(C(C)C)c2)no1. The van der Waals surface area contributed by atoms with Crippen LogP contribution in [-0.2, 0) is 23.2 Å². The number of aryl methyl sites for hydroxylation is 1. The fraction of sp³-hybridized carbons (Fsp3) is 0.462. The van der Waals surface area contributed by atoms with E-state index in [0.717, 1.165) is 0 Å². The molecule has 0 spiro atoms. The number of aromatic nitrogens is 2. The summed E-state index contributed by atoms with van der Waals surface area (Å²) in [4.78, 5) is 0.125. The van der Waals surface area contributed by atoms with E-state index in [9.17, 15) is 13.5 Å². The Hall–Kier alpha value is -1.64. The number of hydrogen-bond donors (Lipinski definition) is 2. The van der Waals surface area contributed by atoms with Crippen LogP contribution in [0.15, 0.2) is 27.7 Å². The van der Waals surface area contributed by atoms with Crippen molar-refractivity contribution in [2.75, 3.05) is 0 Å². The summed E-state index contributed by atoms with van der Waals surface area (Å²) in [5, 5.41) is 13.0. The molecule has 0 amide bonds. The van der Waals surface area contributed by atoms with E-state index in [4.69, 9.17) is 4.52 Å². The van der Waals surface area contributed by atoms with Gasteiger partial charge >= 0.3 is 0 Å². The van der Waals surface area contributed by atoms with Crippen molar-refractivity contribution in [1.29, 1.82) is 0 Å². The largest absolute Gasteiger partial charge is 0.390 e. The van der Waals surface area contributed by atoms with E-state index in [-0.39, 0.29) is 24.1 Å². The summed E-state index contributed by atoms with van der Waals surface area (Å²) >= 11 is 0. The average molecular weight is 313 g/mol. The number of aliphatic hydroxyl groups excluding tert-OH is 1. The molecule has 0 atom stereocenters. The van der Waals surface area contributed by atoms with Gasteiger partial charge in [-0.15, -0.1) is 0 Å². The zero-order valence-electron chi connectivity index (χ0n) is 12.2. The first-order valence-corrected chi connectivity index (χ1v) is 8.05. The van der Waals surface area contributed by atoms with Gasteiger partial charge in [0, 0.05) is 24.0 Å². The van der Waals surface area contributed by atoms with Crippen LogP contribution in [0.4, 0.5) is 0 Å². The summed E-state index contributed by atoms with van der Waals surface area (Å²) in [5.74, 6) is 0.623. The Morgan fingerprint density at radius 1 is 1.43 bits per heavy atom. The standard InChI is InChI=1S/C13H19N3O4S/c1-9(2)16-7-13(5-12(16)8-17)21(18,19)14-6-11-4-10(3)20-15-11/h4-5,7,9,14,17H,6,8H2,1-3H3. The predicted molar refractivity (Wildman–Crippen MR) is 76.0 cm³/mol. The highest BCUT2D eigenvalue weighted by molar-refractivity contribution is 7.89. The Morgan fingerprint density at radius 3 is 2.62 bits per heavy atom. The highest BCUT2D eigenvalue weighted by Gasteiger charge is 2.19. The lowest BCUT2D eigenvalue weighted by Crippen LogP contribution is -2.23. The van der Waals surface area contributed by atoms with Crippen molar-refractivity contribution < 1.29 is 18.0 Å². The molecule has 0 saturated carbocycles. The Bertz CT molecular complexity index is 716. The molecule has 0 aliphatic heterocycles. The molecule has 2 aromatic heterocycles. The van der Waals surface area contributed by atoms with E-state index in [2.05, 4.69) is 9.88 Å². The zero-order chi connectivity index (χ0) is 15.6. The molecule has 7 nitrogen and oxygen atoms in total.